The maximum Gasteiger partial charge on any atom is 0.338 e. The van der Waals surface area contributed by atoms with Crippen LogP contribution in [0, 0.1) is 5.82 Å². The summed E-state index contributed by atoms with van der Waals surface area (Å²) in [6.45, 7) is 1.11. The van der Waals surface area contributed by atoms with Crippen molar-refractivity contribution < 1.29 is 23.5 Å². The van der Waals surface area contributed by atoms with Crippen LogP contribution >= 0.6 is 0 Å². The highest BCUT2D eigenvalue weighted by molar-refractivity contribution is 5.95. The van der Waals surface area contributed by atoms with E-state index in [-0.39, 0.29) is 29.0 Å². The molecule has 26 heavy (non-hydrogen) atoms. The standard InChI is InChI=1S/C19H17FN2O4/c20-13-1-2-14-15(9-21-16(14)8-13)11-3-5-22(6-4-11)18(23)17-7-12(10-26-17)19(24)25/h1-2,7-11,21H,3-6H2,(H,24,25). The van der Waals surface area contributed by atoms with Crippen LogP contribution in [0.4, 0.5) is 4.39 Å². The quantitative estimate of drug-likeness (QED) is 0.750. The number of aromatic amines is 1. The van der Waals surface area contributed by atoms with Crippen LogP contribution in [-0.2, 0) is 0 Å². The lowest BCUT2D eigenvalue weighted by molar-refractivity contribution is 0.0677. The van der Waals surface area contributed by atoms with Gasteiger partial charge in [0.1, 0.15) is 12.1 Å². The van der Waals surface area contributed by atoms with Gasteiger partial charge in [0.25, 0.3) is 5.91 Å². The molecule has 0 spiro atoms. The number of piperidine rings is 1. The molecule has 1 aliphatic heterocycles. The fourth-order valence-corrected chi connectivity index (χ4v) is 3.57. The number of nitrogens with one attached hydrogen (secondary N) is 1. The van der Waals surface area contributed by atoms with Crippen molar-refractivity contribution in [3.63, 3.8) is 0 Å². The molecule has 0 radical (unpaired) electrons. The number of furan rings is 1. The fraction of sp³-hybridized carbons (Fsp3) is 0.263. The molecule has 0 atom stereocenters. The van der Waals surface area contributed by atoms with Crippen LogP contribution in [0.2, 0.25) is 0 Å². The highest BCUT2D eigenvalue weighted by atomic mass is 19.1. The largest absolute Gasteiger partial charge is 0.478 e. The third kappa shape index (κ3) is 2.85. The Bertz CT molecular complexity index is 983. The first-order chi connectivity index (χ1) is 12.5. The Morgan fingerprint density at radius 2 is 2.00 bits per heavy atom. The highest BCUT2D eigenvalue weighted by Crippen LogP contribution is 2.33. The van der Waals surface area contributed by atoms with E-state index in [2.05, 4.69) is 4.98 Å². The minimum Gasteiger partial charge on any atom is -0.478 e. The molecule has 3 aromatic rings. The molecule has 1 amide bonds. The predicted octanol–water partition coefficient (Wildman–Crippen LogP) is 3.62. The molecule has 0 aliphatic carbocycles. The Morgan fingerprint density at radius 3 is 2.69 bits per heavy atom. The van der Waals surface area contributed by atoms with Crippen LogP contribution in [0.5, 0.6) is 0 Å². The minimum atomic E-state index is -1.12. The maximum atomic E-state index is 13.3. The molecule has 1 aliphatic rings. The topological polar surface area (TPSA) is 86.5 Å². The summed E-state index contributed by atoms with van der Waals surface area (Å²) < 4.78 is 18.4. The summed E-state index contributed by atoms with van der Waals surface area (Å²) in [5.74, 6) is -1.36. The zero-order valence-corrected chi connectivity index (χ0v) is 13.9. The summed E-state index contributed by atoms with van der Waals surface area (Å²) in [7, 11) is 0. The Balaban J connectivity index is 1.46. The fourth-order valence-electron chi connectivity index (χ4n) is 3.57. The molecule has 0 bridgehead atoms. The molecular formula is C19H17FN2O4. The number of benzene rings is 1. The summed E-state index contributed by atoms with van der Waals surface area (Å²) in [6.07, 6.45) is 4.55. The number of fused-ring (bicyclic) bond motifs is 1. The van der Waals surface area contributed by atoms with Crippen molar-refractivity contribution >= 4 is 22.8 Å². The number of rotatable bonds is 3. The molecule has 6 nitrogen and oxygen atoms in total. The van der Waals surface area contributed by atoms with E-state index in [4.69, 9.17) is 9.52 Å². The van der Waals surface area contributed by atoms with Crippen LogP contribution in [0.3, 0.4) is 0 Å². The summed E-state index contributed by atoms with van der Waals surface area (Å²) in [5, 5.41) is 9.93. The van der Waals surface area contributed by atoms with Gasteiger partial charge in [-0.2, -0.15) is 0 Å². The molecule has 7 heteroatoms. The first-order valence-corrected chi connectivity index (χ1v) is 8.40. The molecule has 1 fully saturated rings. The van der Waals surface area contributed by atoms with Gasteiger partial charge in [-0.1, -0.05) is 0 Å². The molecular weight excluding hydrogens is 339 g/mol. The summed E-state index contributed by atoms with van der Waals surface area (Å²) >= 11 is 0. The SMILES string of the molecule is O=C(O)c1coc(C(=O)N2CCC(c3c[nH]c4cc(F)ccc34)CC2)c1. The van der Waals surface area contributed by atoms with Gasteiger partial charge in [0.15, 0.2) is 5.76 Å². The molecule has 0 unspecified atom stereocenters. The average molecular weight is 356 g/mol. The number of aromatic carboxylic acids is 1. The Kier molecular flexibility index (Phi) is 3.99. The van der Waals surface area contributed by atoms with Crippen molar-refractivity contribution in [2.45, 2.75) is 18.8 Å². The average Bonchev–Trinajstić information content (AvgIpc) is 3.28. The van der Waals surface area contributed by atoms with Gasteiger partial charge in [-0.05, 0) is 42.5 Å². The molecule has 4 rings (SSSR count). The second kappa shape index (κ2) is 6.33. The van der Waals surface area contributed by atoms with Gasteiger partial charge in [0, 0.05) is 36.3 Å². The van der Waals surface area contributed by atoms with Crippen molar-refractivity contribution in [3.05, 3.63) is 59.4 Å². The lowest BCUT2D eigenvalue weighted by atomic mass is 9.89. The van der Waals surface area contributed by atoms with E-state index in [9.17, 15) is 14.0 Å². The second-order valence-electron chi connectivity index (χ2n) is 6.51. The number of carbonyl (C=O) groups excluding carboxylic acids is 1. The van der Waals surface area contributed by atoms with Crippen LogP contribution in [0.15, 0.2) is 41.1 Å². The number of likely N-dealkylation sites (tertiary alicyclic amines) is 1. The van der Waals surface area contributed by atoms with E-state index in [1.807, 2.05) is 6.20 Å². The molecule has 2 aromatic heterocycles. The Labute approximate surface area is 148 Å². The van der Waals surface area contributed by atoms with Gasteiger partial charge in [0.2, 0.25) is 0 Å². The normalized spacial score (nSPS) is 15.5. The smallest absolute Gasteiger partial charge is 0.338 e. The number of H-pyrrole nitrogens is 1. The first-order valence-electron chi connectivity index (χ1n) is 8.40. The van der Waals surface area contributed by atoms with Crippen LogP contribution in [-0.4, -0.2) is 40.0 Å². The summed E-state index contributed by atoms with van der Waals surface area (Å²) in [5.41, 5.74) is 1.88. The number of hydrogen-bond acceptors (Lipinski definition) is 3. The van der Waals surface area contributed by atoms with E-state index in [0.717, 1.165) is 35.6 Å². The van der Waals surface area contributed by atoms with Gasteiger partial charge >= 0.3 is 5.97 Å². The zero-order chi connectivity index (χ0) is 18.3. The molecule has 1 saturated heterocycles. The van der Waals surface area contributed by atoms with Crippen molar-refractivity contribution in [3.8, 4) is 0 Å². The maximum absolute atomic E-state index is 13.3. The number of carboxylic acids is 1. The van der Waals surface area contributed by atoms with E-state index < -0.39 is 5.97 Å². The number of carboxylic acid groups (broad SMARTS) is 1. The molecule has 2 N–H and O–H groups in total. The van der Waals surface area contributed by atoms with Gasteiger partial charge in [-0.3, -0.25) is 4.79 Å². The number of carbonyl (C=O) groups is 2. The van der Waals surface area contributed by atoms with Crippen molar-refractivity contribution in [2.75, 3.05) is 13.1 Å². The first kappa shape index (κ1) is 16.4. The van der Waals surface area contributed by atoms with Crippen LogP contribution in [0.1, 0.15) is 45.2 Å². The number of aromatic nitrogens is 1. The van der Waals surface area contributed by atoms with Crippen LogP contribution < -0.4 is 0 Å². The van der Waals surface area contributed by atoms with Crippen LogP contribution in [0.25, 0.3) is 10.9 Å². The minimum absolute atomic E-state index is 0.0331. The van der Waals surface area contributed by atoms with Gasteiger partial charge in [0.05, 0.1) is 5.56 Å². The lowest BCUT2D eigenvalue weighted by Crippen LogP contribution is -2.37. The molecule has 1 aromatic carbocycles. The van der Waals surface area contributed by atoms with Gasteiger partial charge in [-0.25, -0.2) is 9.18 Å². The van der Waals surface area contributed by atoms with Crippen molar-refractivity contribution in [1.82, 2.24) is 9.88 Å². The lowest BCUT2D eigenvalue weighted by Gasteiger charge is -2.31. The number of amides is 1. The predicted molar refractivity (Wildman–Crippen MR) is 91.8 cm³/mol. The monoisotopic (exact) mass is 356 g/mol. The van der Waals surface area contributed by atoms with E-state index in [1.54, 1.807) is 11.0 Å². The summed E-state index contributed by atoms with van der Waals surface area (Å²) in [6, 6.07) is 5.97. The van der Waals surface area contributed by atoms with E-state index in [0.29, 0.717) is 13.1 Å². The van der Waals surface area contributed by atoms with Crippen molar-refractivity contribution in [2.24, 2.45) is 0 Å². The molecule has 3 heterocycles. The van der Waals surface area contributed by atoms with E-state index >= 15 is 0 Å². The van der Waals surface area contributed by atoms with Gasteiger partial charge in [-0.15, -0.1) is 0 Å². The highest BCUT2D eigenvalue weighted by Gasteiger charge is 2.28. The third-order valence-electron chi connectivity index (χ3n) is 4.95. The van der Waals surface area contributed by atoms with E-state index in [1.165, 1.54) is 18.2 Å². The molecule has 0 saturated carbocycles. The Hall–Kier alpha value is -3.09. The summed E-state index contributed by atoms with van der Waals surface area (Å²) in [4.78, 5) is 28.2. The second-order valence-corrected chi connectivity index (χ2v) is 6.51. The van der Waals surface area contributed by atoms with Crippen molar-refractivity contribution in [1.29, 1.82) is 0 Å². The number of halogens is 1. The number of hydrogen-bond donors (Lipinski definition) is 2. The zero-order valence-electron chi connectivity index (χ0n) is 13.9. The third-order valence-corrected chi connectivity index (χ3v) is 4.95. The Morgan fingerprint density at radius 1 is 1.23 bits per heavy atom. The van der Waals surface area contributed by atoms with Gasteiger partial charge < -0.3 is 19.4 Å². The molecule has 134 valence electrons. The number of nitrogens with zero attached hydrogens (tertiary/aromatic N) is 1.